The van der Waals surface area contributed by atoms with Crippen molar-refractivity contribution in [1.82, 2.24) is 0 Å². The molecule has 0 N–H and O–H groups in total. The van der Waals surface area contributed by atoms with Crippen molar-refractivity contribution in [1.29, 1.82) is 0 Å². The first-order valence-corrected chi connectivity index (χ1v) is 8.54. The Hall–Kier alpha value is 0.910. The summed E-state index contributed by atoms with van der Waals surface area (Å²) >= 11 is 29.2. The minimum Gasteiger partial charge on any atom is -0.145 e. The Kier molecular flexibility index (Phi) is 4.63. The molecule has 2 aromatic heterocycles. The quantitative estimate of drug-likeness (QED) is 0.564. The van der Waals surface area contributed by atoms with Crippen LogP contribution in [-0.2, 0) is 7.33 Å². The Bertz CT molecular complexity index is 417. The molecule has 0 aliphatic carbocycles. The van der Waals surface area contributed by atoms with Crippen molar-refractivity contribution in [2.75, 3.05) is 0 Å². The highest BCUT2D eigenvalue weighted by Crippen LogP contribution is 2.59. The van der Waals surface area contributed by atoms with E-state index in [9.17, 15) is 0 Å². The molecule has 0 aromatic carbocycles. The summed E-state index contributed by atoms with van der Waals surface area (Å²) in [6, 6.07) is 7.48. The second-order valence-electron chi connectivity index (χ2n) is 3.09. The summed E-state index contributed by atoms with van der Waals surface area (Å²) in [5, 5.41) is 3.81. The molecule has 92 valence electrons. The van der Waals surface area contributed by atoms with Crippen molar-refractivity contribution in [3.05, 3.63) is 44.8 Å². The van der Waals surface area contributed by atoms with E-state index in [1.165, 1.54) is 22.7 Å². The van der Waals surface area contributed by atoms with E-state index in [0.717, 1.165) is 21.5 Å². The van der Waals surface area contributed by atoms with E-state index in [4.69, 9.17) is 46.4 Å². The van der Waals surface area contributed by atoms with E-state index < -0.39 is 7.33 Å². The predicted molar refractivity (Wildman–Crippen MR) is 83.0 cm³/mol. The maximum Gasteiger partial charge on any atom is 0.200 e. The van der Waals surface area contributed by atoms with E-state index in [0.29, 0.717) is 0 Å². The van der Waals surface area contributed by atoms with Crippen LogP contribution in [0.2, 0.25) is 0 Å². The molecule has 0 saturated carbocycles. The molecule has 0 bridgehead atoms. The van der Waals surface area contributed by atoms with Crippen LogP contribution in [0, 0.1) is 0 Å². The number of rotatable bonds is 4. The van der Waals surface area contributed by atoms with Crippen molar-refractivity contribution in [3.8, 4) is 0 Å². The molecule has 2 heterocycles. The lowest BCUT2D eigenvalue weighted by Gasteiger charge is -2.25. The first kappa shape index (κ1) is 14.3. The van der Waals surface area contributed by atoms with Gasteiger partial charge in [0.2, 0.25) is 7.33 Å². The fourth-order valence-electron chi connectivity index (χ4n) is 1.15. The van der Waals surface area contributed by atoms with Gasteiger partial charge < -0.3 is 0 Å². The molecular weight excluding hydrogens is 358 g/mol. The number of hydrogen-bond donors (Lipinski definition) is 0. The van der Waals surface area contributed by atoms with E-state index in [1.807, 2.05) is 35.0 Å². The third-order valence-corrected chi connectivity index (χ3v) is 7.25. The van der Waals surface area contributed by atoms with Crippen molar-refractivity contribution in [2.24, 2.45) is 0 Å². The molecule has 0 aliphatic heterocycles. The van der Waals surface area contributed by atoms with Crippen molar-refractivity contribution in [2.45, 2.75) is 7.33 Å². The maximum atomic E-state index is 6.28. The summed E-state index contributed by atoms with van der Waals surface area (Å²) in [6.45, 7) is 0. The van der Waals surface area contributed by atoms with Crippen LogP contribution < -0.4 is 0 Å². The van der Waals surface area contributed by atoms with E-state index in [-0.39, 0.29) is 0 Å². The molecule has 0 fully saturated rings. The van der Waals surface area contributed by atoms with Crippen LogP contribution in [0.25, 0.3) is 0 Å². The standard InChI is InChI=1S/C10H6Cl4S3/c11-9(12,7-3-1-5-15-7)17-10(13,14)8-4-2-6-16-8/h1-6H. The molecule has 0 unspecified atom stereocenters. The molecule has 0 radical (unpaired) electrons. The largest absolute Gasteiger partial charge is 0.200 e. The van der Waals surface area contributed by atoms with Gasteiger partial charge in [-0.05, 0) is 22.9 Å². The minimum absolute atomic E-state index is 0.813. The summed E-state index contributed by atoms with van der Waals surface area (Å²) in [5.74, 6) is 0. The van der Waals surface area contributed by atoms with Crippen LogP contribution in [0.15, 0.2) is 35.0 Å². The van der Waals surface area contributed by atoms with Crippen LogP contribution in [-0.4, -0.2) is 0 Å². The predicted octanol–water partition coefficient (Wildman–Crippen LogP) is 6.42. The van der Waals surface area contributed by atoms with E-state index in [1.54, 1.807) is 0 Å². The molecular formula is C10H6Cl4S3. The molecule has 2 rings (SSSR count). The van der Waals surface area contributed by atoms with E-state index in [2.05, 4.69) is 0 Å². The van der Waals surface area contributed by atoms with E-state index >= 15 is 0 Å². The number of thioether (sulfide) groups is 1. The molecule has 2 aromatic rings. The van der Waals surface area contributed by atoms with Gasteiger partial charge in [0.1, 0.15) is 0 Å². The normalized spacial score (nSPS) is 12.9. The molecule has 0 amide bonds. The fraction of sp³-hybridized carbons (Fsp3) is 0.200. The fourth-order valence-corrected chi connectivity index (χ4v) is 6.19. The van der Waals surface area contributed by atoms with Crippen molar-refractivity contribution in [3.63, 3.8) is 0 Å². The van der Waals surface area contributed by atoms with Gasteiger partial charge in [0, 0.05) is 0 Å². The Labute approximate surface area is 132 Å². The second-order valence-corrected chi connectivity index (χ2v) is 9.97. The van der Waals surface area contributed by atoms with Gasteiger partial charge in [-0.2, -0.15) is 0 Å². The summed E-state index contributed by atoms with van der Waals surface area (Å²) in [6.07, 6.45) is 0. The van der Waals surface area contributed by atoms with Crippen LogP contribution in [0.1, 0.15) is 9.75 Å². The van der Waals surface area contributed by atoms with Gasteiger partial charge in [0.25, 0.3) is 0 Å². The molecule has 0 spiro atoms. The summed E-state index contributed by atoms with van der Waals surface area (Å²) in [4.78, 5) is 1.63. The van der Waals surface area contributed by atoms with Gasteiger partial charge in [0.15, 0.2) is 0 Å². The second kappa shape index (κ2) is 5.49. The Morgan fingerprint density at radius 1 is 0.824 bits per heavy atom. The number of halogens is 4. The SMILES string of the molecule is ClC(Cl)(SC(Cl)(Cl)c1cccs1)c1cccs1. The topological polar surface area (TPSA) is 0 Å². The van der Waals surface area contributed by atoms with Crippen LogP contribution >= 0.6 is 80.8 Å². The molecule has 0 aliphatic rings. The lowest BCUT2D eigenvalue weighted by Crippen LogP contribution is -2.12. The van der Waals surface area contributed by atoms with Crippen molar-refractivity contribution >= 4 is 80.8 Å². The summed E-state index contributed by atoms with van der Waals surface area (Å²) < 4.78 is -2.30. The number of thiophene rings is 2. The molecule has 0 saturated heterocycles. The number of hydrogen-bond acceptors (Lipinski definition) is 3. The van der Waals surface area contributed by atoms with Gasteiger partial charge in [-0.25, -0.2) is 0 Å². The first-order chi connectivity index (χ1) is 7.92. The average molecular weight is 364 g/mol. The first-order valence-electron chi connectivity index (χ1n) is 4.45. The third kappa shape index (κ3) is 3.47. The maximum absolute atomic E-state index is 6.28. The Morgan fingerprint density at radius 2 is 1.24 bits per heavy atom. The zero-order valence-corrected chi connectivity index (χ0v) is 13.7. The highest BCUT2D eigenvalue weighted by atomic mass is 35.5. The molecule has 7 heteroatoms. The van der Waals surface area contributed by atoms with Gasteiger partial charge in [0.05, 0.1) is 9.75 Å². The third-order valence-electron chi connectivity index (χ3n) is 1.87. The minimum atomic E-state index is -1.15. The lowest BCUT2D eigenvalue weighted by molar-refractivity contribution is 1.26. The molecule has 17 heavy (non-hydrogen) atoms. The zero-order chi connectivity index (χ0) is 12.5. The molecule has 0 atom stereocenters. The zero-order valence-electron chi connectivity index (χ0n) is 8.20. The highest BCUT2D eigenvalue weighted by molar-refractivity contribution is 8.06. The smallest absolute Gasteiger partial charge is 0.145 e. The average Bonchev–Trinajstić information content (AvgIpc) is 2.91. The van der Waals surface area contributed by atoms with Gasteiger partial charge in [-0.15, -0.1) is 22.7 Å². The van der Waals surface area contributed by atoms with Gasteiger partial charge in [-0.1, -0.05) is 70.3 Å². The summed E-state index contributed by atoms with van der Waals surface area (Å²) in [7, 11) is 0. The van der Waals surface area contributed by atoms with Gasteiger partial charge >= 0.3 is 0 Å². The van der Waals surface area contributed by atoms with Crippen LogP contribution in [0.3, 0.4) is 0 Å². The van der Waals surface area contributed by atoms with Crippen LogP contribution in [0.5, 0.6) is 0 Å². The Morgan fingerprint density at radius 3 is 1.53 bits per heavy atom. The number of alkyl halides is 4. The monoisotopic (exact) mass is 362 g/mol. The Balaban J connectivity index is 2.21. The van der Waals surface area contributed by atoms with Crippen molar-refractivity contribution < 1.29 is 0 Å². The summed E-state index contributed by atoms with van der Waals surface area (Å²) in [5.41, 5.74) is 0. The highest BCUT2D eigenvalue weighted by Gasteiger charge is 2.41. The van der Waals surface area contributed by atoms with Crippen LogP contribution in [0.4, 0.5) is 0 Å². The lowest BCUT2D eigenvalue weighted by atomic mass is 10.5. The molecule has 0 nitrogen and oxygen atoms in total. The van der Waals surface area contributed by atoms with Gasteiger partial charge in [-0.3, -0.25) is 0 Å².